The predicted octanol–water partition coefficient (Wildman–Crippen LogP) is 2.54. The molecule has 2 heterocycles. The van der Waals surface area contributed by atoms with E-state index in [-0.39, 0.29) is 11.6 Å². The van der Waals surface area contributed by atoms with Crippen molar-refractivity contribution in [3.8, 4) is 0 Å². The van der Waals surface area contributed by atoms with Crippen LogP contribution in [0.5, 0.6) is 0 Å². The number of hydrogen-bond acceptors (Lipinski definition) is 4. The highest BCUT2D eigenvalue weighted by molar-refractivity contribution is 6.53. The molecule has 114 valence electrons. The summed E-state index contributed by atoms with van der Waals surface area (Å²) in [5, 5.41) is 4.06. The third-order valence-electron chi connectivity index (χ3n) is 4.64. The second-order valence-corrected chi connectivity index (χ2v) is 6.83. The van der Waals surface area contributed by atoms with Gasteiger partial charge in [0.15, 0.2) is 0 Å². The lowest BCUT2D eigenvalue weighted by Gasteiger charge is -2.32. The van der Waals surface area contributed by atoms with Crippen molar-refractivity contribution in [1.29, 1.82) is 0 Å². The minimum absolute atomic E-state index is 0.272. The lowest BCUT2D eigenvalue weighted by molar-refractivity contribution is 0.00578. The molecule has 1 aromatic rings. The Bertz CT molecular complexity index is 537. The molecular weight excluding hydrogens is 272 g/mol. The fourth-order valence-electron chi connectivity index (χ4n) is 2.42. The van der Waals surface area contributed by atoms with E-state index >= 15 is 0 Å². The van der Waals surface area contributed by atoms with Gasteiger partial charge in [0, 0.05) is 0 Å². The Balaban J connectivity index is 1.85. The number of allylic oxidation sites excluding steroid dienone is 1. The summed E-state index contributed by atoms with van der Waals surface area (Å²) in [6, 6.07) is 0. The molecule has 2 aliphatic rings. The first kappa shape index (κ1) is 14.7. The summed E-state index contributed by atoms with van der Waals surface area (Å²) >= 11 is 0. The molecule has 21 heavy (non-hydrogen) atoms. The molecule has 1 saturated heterocycles. The van der Waals surface area contributed by atoms with Crippen molar-refractivity contribution >= 4 is 7.12 Å². The van der Waals surface area contributed by atoms with Gasteiger partial charge in [-0.1, -0.05) is 0 Å². The van der Waals surface area contributed by atoms with E-state index in [9.17, 15) is 4.39 Å². The fourth-order valence-corrected chi connectivity index (χ4v) is 2.42. The van der Waals surface area contributed by atoms with E-state index in [1.807, 2.05) is 27.7 Å². The van der Waals surface area contributed by atoms with Gasteiger partial charge in [0.05, 0.1) is 17.7 Å². The van der Waals surface area contributed by atoms with Gasteiger partial charge in [-0.3, -0.25) is 0 Å². The Morgan fingerprint density at radius 3 is 2.38 bits per heavy atom. The third-order valence-corrected chi connectivity index (χ3v) is 4.64. The lowest BCUT2D eigenvalue weighted by atomic mass is 9.83. The highest BCUT2D eigenvalue weighted by Gasteiger charge is 2.54. The smallest absolute Gasteiger partial charge is 0.398 e. The molecule has 1 aliphatic carbocycles. The maximum absolute atomic E-state index is 14.9. The zero-order chi connectivity index (χ0) is 15.3. The predicted molar refractivity (Wildman–Crippen MR) is 77.0 cm³/mol. The average molecular weight is 293 g/mol. The van der Waals surface area contributed by atoms with Crippen molar-refractivity contribution in [3.63, 3.8) is 0 Å². The standard InChI is InChI=1S/C14H21BFN3O2/c1-13(2)14(3,4)21-15(20-13)12(16)11(10-5-6-10)7-19-9-17-8-18-19/h8-10H,5-7H2,1-4H3. The number of hydrogen-bond donors (Lipinski definition) is 0. The first-order valence-corrected chi connectivity index (χ1v) is 7.37. The van der Waals surface area contributed by atoms with Crippen molar-refractivity contribution in [2.24, 2.45) is 5.92 Å². The molecule has 0 bridgehead atoms. The van der Waals surface area contributed by atoms with Crippen LogP contribution < -0.4 is 0 Å². The van der Waals surface area contributed by atoms with Gasteiger partial charge in [-0.25, -0.2) is 14.1 Å². The molecule has 1 aromatic heterocycles. The fraction of sp³-hybridized carbons (Fsp3) is 0.714. The van der Waals surface area contributed by atoms with Crippen LogP contribution in [0.4, 0.5) is 4.39 Å². The summed E-state index contributed by atoms with van der Waals surface area (Å²) in [6.07, 6.45) is 5.07. The first-order chi connectivity index (χ1) is 9.80. The Morgan fingerprint density at radius 2 is 1.90 bits per heavy atom. The molecule has 0 atom stereocenters. The second kappa shape index (κ2) is 4.92. The van der Waals surface area contributed by atoms with Crippen molar-refractivity contribution in [2.45, 2.75) is 58.3 Å². The SMILES string of the molecule is CC1(C)OB(C(F)=C(Cn2cncn2)C2CC2)OC1(C)C. The summed E-state index contributed by atoms with van der Waals surface area (Å²) in [7, 11) is -0.922. The van der Waals surface area contributed by atoms with Gasteiger partial charge < -0.3 is 9.31 Å². The summed E-state index contributed by atoms with van der Waals surface area (Å²) in [4.78, 5) is 3.90. The molecule has 0 spiro atoms. The van der Waals surface area contributed by atoms with E-state index in [2.05, 4.69) is 10.1 Å². The topological polar surface area (TPSA) is 49.2 Å². The van der Waals surface area contributed by atoms with E-state index in [0.717, 1.165) is 18.4 Å². The zero-order valence-electron chi connectivity index (χ0n) is 13.0. The van der Waals surface area contributed by atoms with Crippen molar-refractivity contribution in [1.82, 2.24) is 14.8 Å². The molecule has 1 saturated carbocycles. The third kappa shape index (κ3) is 2.76. The van der Waals surface area contributed by atoms with Crippen LogP contribution in [0.3, 0.4) is 0 Å². The van der Waals surface area contributed by atoms with Gasteiger partial charge in [0.25, 0.3) is 0 Å². The lowest BCUT2D eigenvalue weighted by Crippen LogP contribution is -2.41. The highest BCUT2D eigenvalue weighted by Crippen LogP contribution is 2.43. The maximum atomic E-state index is 14.9. The van der Waals surface area contributed by atoms with Crippen LogP contribution in [0.2, 0.25) is 0 Å². The van der Waals surface area contributed by atoms with Gasteiger partial charge in [-0.15, -0.1) is 0 Å². The van der Waals surface area contributed by atoms with Gasteiger partial charge >= 0.3 is 7.12 Å². The first-order valence-electron chi connectivity index (χ1n) is 7.37. The average Bonchev–Trinajstić information content (AvgIpc) is 3.04. The van der Waals surface area contributed by atoms with Crippen molar-refractivity contribution in [2.75, 3.05) is 0 Å². The highest BCUT2D eigenvalue weighted by atomic mass is 19.1. The van der Waals surface area contributed by atoms with Crippen LogP contribution in [-0.4, -0.2) is 33.1 Å². The van der Waals surface area contributed by atoms with Crippen LogP contribution in [0.15, 0.2) is 24.0 Å². The molecule has 2 fully saturated rings. The molecular formula is C14H21BFN3O2. The number of halogens is 1. The monoisotopic (exact) mass is 293 g/mol. The summed E-state index contributed by atoms with van der Waals surface area (Å²) in [5.41, 5.74) is -0.640. The largest absolute Gasteiger partial charge is 0.525 e. The van der Waals surface area contributed by atoms with E-state index < -0.39 is 18.3 Å². The molecule has 7 heteroatoms. The van der Waals surface area contributed by atoms with Crippen LogP contribution in [0.25, 0.3) is 0 Å². The van der Waals surface area contributed by atoms with Crippen molar-refractivity contribution < 1.29 is 13.7 Å². The van der Waals surface area contributed by atoms with Crippen LogP contribution in [0, 0.1) is 5.92 Å². The van der Waals surface area contributed by atoms with E-state index in [1.165, 1.54) is 6.33 Å². The molecule has 0 radical (unpaired) electrons. The van der Waals surface area contributed by atoms with Gasteiger partial charge in [-0.05, 0) is 52.0 Å². The van der Waals surface area contributed by atoms with Crippen molar-refractivity contribution in [3.05, 3.63) is 24.0 Å². The molecule has 0 N–H and O–H groups in total. The normalized spacial score (nSPS) is 25.1. The second-order valence-electron chi connectivity index (χ2n) is 6.83. The maximum Gasteiger partial charge on any atom is 0.525 e. The molecule has 0 unspecified atom stereocenters. The van der Waals surface area contributed by atoms with Gasteiger partial charge in [0.1, 0.15) is 18.4 Å². The Kier molecular flexibility index (Phi) is 3.45. The zero-order valence-corrected chi connectivity index (χ0v) is 13.0. The van der Waals surface area contributed by atoms with Gasteiger partial charge in [0.2, 0.25) is 0 Å². The summed E-state index contributed by atoms with van der Waals surface area (Å²) in [5.74, 6) is 0.272. The molecule has 0 amide bonds. The van der Waals surface area contributed by atoms with E-state index in [4.69, 9.17) is 9.31 Å². The molecule has 1 aliphatic heterocycles. The Labute approximate surface area is 124 Å². The summed E-state index contributed by atoms with van der Waals surface area (Å²) in [6.45, 7) is 8.10. The molecule has 3 rings (SSSR count). The van der Waals surface area contributed by atoms with E-state index in [1.54, 1.807) is 11.0 Å². The number of aromatic nitrogens is 3. The van der Waals surface area contributed by atoms with Gasteiger partial charge in [-0.2, -0.15) is 5.10 Å². The van der Waals surface area contributed by atoms with Crippen LogP contribution in [-0.2, 0) is 15.9 Å². The number of rotatable bonds is 4. The minimum atomic E-state index is -0.922. The number of nitrogens with zero attached hydrogens (tertiary/aromatic N) is 3. The van der Waals surface area contributed by atoms with Crippen LogP contribution in [0.1, 0.15) is 40.5 Å². The minimum Gasteiger partial charge on any atom is -0.398 e. The Hall–Kier alpha value is -1.21. The Morgan fingerprint density at radius 1 is 1.29 bits per heavy atom. The molecule has 5 nitrogen and oxygen atoms in total. The summed E-state index contributed by atoms with van der Waals surface area (Å²) < 4.78 is 28.2. The van der Waals surface area contributed by atoms with E-state index in [0.29, 0.717) is 6.54 Å². The quantitative estimate of drug-likeness (QED) is 0.800. The van der Waals surface area contributed by atoms with Crippen LogP contribution >= 0.6 is 0 Å². The molecule has 0 aromatic carbocycles.